The van der Waals surface area contributed by atoms with Crippen molar-refractivity contribution in [2.75, 3.05) is 5.32 Å². The van der Waals surface area contributed by atoms with Gasteiger partial charge in [-0.1, -0.05) is 40.2 Å². The molecule has 0 aliphatic heterocycles. The van der Waals surface area contributed by atoms with Gasteiger partial charge in [0.1, 0.15) is 5.75 Å². The Morgan fingerprint density at radius 2 is 1.89 bits per heavy atom. The first-order valence-electron chi connectivity index (χ1n) is 5.88. The third-order valence-corrected chi connectivity index (χ3v) is 3.81. The SMILES string of the molecule is Cc1ccc(NC(C)c2ccccc2O)cc1Br. The van der Waals surface area contributed by atoms with E-state index in [2.05, 4.69) is 34.2 Å². The maximum absolute atomic E-state index is 9.81. The van der Waals surface area contributed by atoms with E-state index in [9.17, 15) is 5.11 Å². The van der Waals surface area contributed by atoms with Crippen LogP contribution in [0.15, 0.2) is 46.9 Å². The van der Waals surface area contributed by atoms with Crippen LogP contribution in [0, 0.1) is 6.92 Å². The maximum atomic E-state index is 9.81. The van der Waals surface area contributed by atoms with Crippen molar-refractivity contribution in [3.8, 4) is 5.75 Å². The quantitative estimate of drug-likeness (QED) is 0.866. The second-order valence-electron chi connectivity index (χ2n) is 4.39. The lowest BCUT2D eigenvalue weighted by molar-refractivity contribution is 0.465. The Bertz CT molecular complexity index is 554. The van der Waals surface area contributed by atoms with Gasteiger partial charge in [0.05, 0.1) is 6.04 Å². The van der Waals surface area contributed by atoms with Crippen LogP contribution in [0.2, 0.25) is 0 Å². The largest absolute Gasteiger partial charge is 0.508 e. The van der Waals surface area contributed by atoms with Crippen LogP contribution >= 0.6 is 15.9 Å². The number of hydrogen-bond donors (Lipinski definition) is 2. The number of nitrogens with one attached hydrogen (secondary N) is 1. The van der Waals surface area contributed by atoms with E-state index in [1.54, 1.807) is 6.07 Å². The van der Waals surface area contributed by atoms with Crippen molar-refractivity contribution in [1.29, 1.82) is 0 Å². The lowest BCUT2D eigenvalue weighted by Gasteiger charge is -2.17. The highest BCUT2D eigenvalue weighted by Crippen LogP contribution is 2.28. The van der Waals surface area contributed by atoms with Crippen molar-refractivity contribution in [3.05, 3.63) is 58.1 Å². The Morgan fingerprint density at radius 3 is 2.56 bits per heavy atom. The molecule has 1 atom stereocenters. The molecule has 0 fully saturated rings. The summed E-state index contributed by atoms with van der Waals surface area (Å²) in [5, 5.41) is 13.2. The lowest BCUT2D eigenvalue weighted by Crippen LogP contribution is -2.06. The molecule has 18 heavy (non-hydrogen) atoms. The van der Waals surface area contributed by atoms with E-state index in [0.717, 1.165) is 15.7 Å². The maximum Gasteiger partial charge on any atom is 0.120 e. The van der Waals surface area contributed by atoms with Crippen LogP contribution in [0.3, 0.4) is 0 Å². The average molecular weight is 306 g/mol. The minimum absolute atomic E-state index is 0.0563. The summed E-state index contributed by atoms with van der Waals surface area (Å²) in [5.74, 6) is 0.323. The van der Waals surface area contributed by atoms with Crippen molar-refractivity contribution >= 4 is 21.6 Å². The van der Waals surface area contributed by atoms with E-state index in [1.165, 1.54) is 5.56 Å². The van der Waals surface area contributed by atoms with Gasteiger partial charge in [-0.2, -0.15) is 0 Å². The number of hydrogen-bond acceptors (Lipinski definition) is 2. The summed E-state index contributed by atoms with van der Waals surface area (Å²) in [4.78, 5) is 0. The predicted molar refractivity (Wildman–Crippen MR) is 79.0 cm³/mol. The summed E-state index contributed by atoms with van der Waals surface area (Å²) in [6.07, 6.45) is 0. The van der Waals surface area contributed by atoms with Crippen LogP contribution in [0.25, 0.3) is 0 Å². The standard InChI is InChI=1S/C15H16BrNO/c1-10-7-8-12(9-14(10)16)17-11(2)13-5-3-4-6-15(13)18/h3-9,11,17-18H,1-2H3. The fraction of sp³-hybridized carbons (Fsp3) is 0.200. The van der Waals surface area contributed by atoms with Crippen molar-refractivity contribution in [2.24, 2.45) is 0 Å². The lowest BCUT2D eigenvalue weighted by atomic mass is 10.1. The molecule has 0 radical (unpaired) electrons. The summed E-state index contributed by atoms with van der Waals surface area (Å²) in [6, 6.07) is 13.6. The molecular weight excluding hydrogens is 290 g/mol. The Labute approximate surface area is 116 Å². The monoisotopic (exact) mass is 305 g/mol. The Kier molecular flexibility index (Phi) is 3.92. The molecule has 0 spiro atoms. The van der Waals surface area contributed by atoms with Crippen molar-refractivity contribution < 1.29 is 5.11 Å². The van der Waals surface area contributed by atoms with E-state index in [0.29, 0.717) is 5.75 Å². The van der Waals surface area contributed by atoms with E-state index in [4.69, 9.17) is 0 Å². The molecular formula is C15H16BrNO. The second kappa shape index (κ2) is 5.44. The first-order valence-corrected chi connectivity index (χ1v) is 6.68. The zero-order valence-corrected chi connectivity index (χ0v) is 12.0. The topological polar surface area (TPSA) is 32.3 Å². The van der Waals surface area contributed by atoms with Crippen LogP contribution in [0.1, 0.15) is 24.1 Å². The fourth-order valence-electron chi connectivity index (χ4n) is 1.86. The molecule has 2 aromatic carbocycles. The van der Waals surface area contributed by atoms with Crippen LogP contribution in [0.5, 0.6) is 5.75 Å². The van der Waals surface area contributed by atoms with Crippen LogP contribution < -0.4 is 5.32 Å². The summed E-state index contributed by atoms with van der Waals surface area (Å²) < 4.78 is 1.08. The van der Waals surface area contributed by atoms with Gasteiger partial charge in [0.2, 0.25) is 0 Å². The van der Waals surface area contributed by atoms with Crippen molar-refractivity contribution in [1.82, 2.24) is 0 Å². The minimum atomic E-state index is 0.0563. The fourth-order valence-corrected chi connectivity index (χ4v) is 2.24. The van der Waals surface area contributed by atoms with E-state index in [-0.39, 0.29) is 6.04 Å². The van der Waals surface area contributed by atoms with Gasteiger partial charge >= 0.3 is 0 Å². The first kappa shape index (κ1) is 13.0. The van der Waals surface area contributed by atoms with E-state index < -0.39 is 0 Å². The molecule has 3 heteroatoms. The molecule has 2 aromatic rings. The van der Waals surface area contributed by atoms with E-state index >= 15 is 0 Å². The number of aryl methyl sites for hydroxylation is 1. The number of para-hydroxylation sites is 1. The van der Waals surface area contributed by atoms with Gasteiger partial charge < -0.3 is 10.4 Å². The van der Waals surface area contributed by atoms with Gasteiger partial charge in [-0.15, -0.1) is 0 Å². The third kappa shape index (κ3) is 2.85. The number of halogens is 1. The number of phenols is 1. The van der Waals surface area contributed by atoms with Crippen LogP contribution in [0.4, 0.5) is 5.69 Å². The van der Waals surface area contributed by atoms with E-state index in [1.807, 2.05) is 37.3 Å². The van der Waals surface area contributed by atoms with Gasteiger partial charge in [0, 0.05) is 15.7 Å². The number of aromatic hydroxyl groups is 1. The van der Waals surface area contributed by atoms with Gasteiger partial charge in [0.15, 0.2) is 0 Å². The smallest absolute Gasteiger partial charge is 0.120 e. The highest BCUT2D eigenvalue weighted by Gasteiger charge is 2.09. The molecule has 94 valence electrons. The van der Waals surface area contributed by atoms with Crippen molar-refractivity contribution in [2.45, 2.75) is 19.9 Å². The molecule has 0 aliphatic rings. The molecule has 1 unspecified atom stereocenters. The zero-order valence-electron chi connectivity index (χ0n) is 10.4. The summed E-state index contributed by atoms with van der Waals surface area (Å²) in [6.45, 7) is 4.09. The highest BCUT2D eigenvalue weighted by molar-refractivity contribution is 9.10. The normalized spacial score (nSPS) is 12.2. The predicted octanol–water partition coefficient (Wildman–Crippen LogP) is 4.64. The van der Waals surface area contributed by atoms with Gasteiger partial charge in [0.25, 0.3) is 0 Å². The number of anilines is 1. The molecule has 0 heterocycles. The Morgan fingerprint density at radius 1 is 1.17 bits per heavy atom. The van der Waals surface area contributed by atoms with Crippen LogP contribution in [-0.4, -0.2) is 5.11 Å². The molecule has 2 N–H and O–H groups in total. The molecule has 2 nitrogen and oxygen atoms in total. The Hall–Kier alpha value is -1.48. The molecule has 0 saturated carbocycles. The third-order valence-electron chi connectivity index (χ3n) is 2.96. The average Bonchev–Trinajstić information content (AvgIpc) is 2.34. The summed E-state index contributed by atoms with van der Waals surface area (Å²) in [7, 11) is 0. The molecule has 0 bridgehead atoms. The molecule has 2 rings (SSSR count). The number of rotatable bonds is 3. The molecule has 0 aliphatic carbocycles. The summed E-state index contributed by atoms with van der Waals surface area (Å²) in [5.41, 5.74) is 3.13. The van der Waals surface area contributed by atoms with Gasteiger partial charge in [-0.25, -0.2) is 0 Å². The molecule has 0 aromatic heterocycles. The molecule has 0 saturated heterocycles. The van der Waals surface area contributed by atoms with Gasteiger partial charge in [-0.3, -0.25) is 0 Å². The number of benzene rings is 2. The molecule has 0 amide bonds. The summed E-state index contributed by atoms with van der Waals surface area (Å²) >= 11 is 3.52. The zero-order chi connectivity index (χ0) is 13.1. The minimum Gasteiger partial charge on any atom is -0.508 e. The van der Waals surface area contributed by atoms with Crippen molar-refractivity contribution in [3.63, 3.8) is 0 Å². The Balaban J connectivity index is 2.19. The second-order valence-corrected chi connectivity index (χ2v) is 5.24. The van der Waals surface area contributed by atoms with Gasteiger partial charge in [-0.05, 0) is 37.6 Å². The number of phenolic OH excluding ortho intramolecular Hbond substituents is 1. The van der Waals surface area contributed by atoms with Crippen LogP contribution in [-0.2, 0) is 0 Å². The highest BCUT2D eigenvalue weighted by atomic mass is 79.9. The first-order chi connectivity index (χ1) is 8.58.